The standard InChI is InChI=1S/C13H25N3O/c1-5-13(4,11-14)12(17)15-9-8-10-16(6-2)7-3/h5-10H2,1-4H3,(H,15,17). The van der Waals surface area contributed by atoms with E-state index in [-0.39, 0.29) is 5.91 Å². The quantitative estimate of drug-likeness (QED) is 0.657. The fraction of sp³-hybridized carbons (Fsp3) is 0.846. The van der Waals surface area contributed by atoms with E-state index >= 15 is 0 Å². The van der Waals surface area contributed by atoms with Crippen LogP contribution in [0.15, 0.2) is 0 Å². The van der Waals surface area contributed by atoms with Gasteiger partial charge in [-0.05, 0) is 39.4 Å². The molecule has 0 aromatic rings. The molecule has 0 aromatic heterocycles. The highest BCUT2D eigenvalue weighted by molar-refractivity contribution is 5.84. The predicted octanol–water partition coefficient (Wildman–Crippen LogP) is 1.77. The molecule has 4 heteroatoms. The van der Waals surface area contributed by atoms with Gasteiger partial charge in [-0.15, -0.1) is 0 Å². The number of nitrogens with zero attached hydrogens (tertiary/aromatic N) is 2. The summed E-state index contributed by atoms with van der Waals surface area (Å²) >= 11 is 0. The van der Waals surface area contributed by atoms with Gasteiger partial charge in [-0.25, -0.2) is 0 Å². The Morgan fingerprint density at radius 2 is 1.94 bits per heavy atom. The van der Waals surface area contributed by atoms with Crippen LogP contribution in [0.1, 0.15) is 40.5 Å². The molecule has 0 heterocycles. The van der Waals surface area contributed by atoms with Crippen molar-refractivity contribution < 1.29 is 4.79 Å². The van der Waals surface area contributed by atoms with Crippen LogP contribution >= 0.6 is 0 Å². The molecule has 17 heavy (non-hydrogen) atoms. The van der Waals surface area contributed by atoms with Crippen molar-refractivity contribution in [2.24, 2.45) is 5.41 Å². The summed E-state index contributed by atoms with van der Waals surface area (Å²) in [6, 6.07) is 2.08. The Labute approximate surface area is 105 Å². The molecular weight excluding hydrogens is 214 g/mol. The Kier molecular flexibility index (Phi) is 7.56. The first-order valence-corrected chi connectivity index (χ1v) is 6.45. The molecule has 0 saturated heterocycles. The van der Waals surface area contributed by atoms with Crippen LogP contribution in [-0.2, 0) is 4.79 Å². The SMILES string of the molecule is CCN(CC)CCCNC(=O)C(C)(C#N)CC. The van der Waals surface area contributed by atoms with Gasteiger partial charge in [0.1, 0.15) is 5.41 Å². The van der Waals surface area contributed by atoms with Crippen LogP contribution in [0.2, 0.25) is 0 Å². The zero-order chi connectivity index (χ0) is 13.3. The van der Waals surface area contributed by atoms with Gasteiger partial charge in [0.25, 0.3) is 0 Å². The van der Waals surface area contributed by atoms with Crippen molar-refractivity contribution in [3.63, 3.8) is 0 Å². The average molecular weight is 239 g/mol. The maximum absolute atomic E-state index is 11.8. The van der Waals surface area contributed by atoms with Crippen LogP contribution in [-0.4, -0.2) is 37.0 Å². The summed E-state index contributed by atoms with van der Waals surface area (Å²) in [5.41, 5.74) is -0.880. The monoisotopic (exact) mass is 239 g/mol. The van der Waals surface area contributed by atoms with Gasteiger partial charge in [0.15, 0.2) is 0 Å². The van der Waals surface area contributed by atoms with E-state index in [4.69, 9.17) is 5.26 Å². The second kappa shape index (κ2) is 8.08. The summed E-state index contributed by atoms with van der Waals surface area (Å²) in [5.74, 6) is -0.151. The largest absolute Gasteiger partial charge is 0.355 e. The van der Waals surface area contributed by atoms with Gasteiger partial charge in [-0.1, -0.05) is 20.8 Å². The number of rotatable bonds is 8. The van der Waals surface area contributed by atoms with E-state index in [9.17, 15) is 4.79 Å². The van der Waals surface area contributed by atoms with Gasteiger partial charge in [-0.2, -0.15) is 5.26 Å². The normalized spacial score (nSPS) is 14.1. The van der Waals surface area contributed by atoms with Gasteiger partial charge < -0.3 is 10.2 Å². The molecular formula is C13H25N3O. The van der Waals surface area contributed by atoms with Crippen molar-refractivity contribution in [2.75, 3.05) is 26.2 Å². The Balaban J connectivity index is 3.91. The zero-order valence-corrected chi connectivity index (χ0v) is 11.5. The van der Waals surface area contributed by atoms with Crippen molar-refractivity contribution in [3.05, 3.63) is 0 Å². The molecule has 0 fully saturated rings. The molecule has 0 saturated carbocycles. The molecule has 0 aliphatic rings. The second-order valence-electron chi connectivity index (χ2n) is 4.43. The summed E-state index contributed by atoms with van der Waals surface area (Å²) in [6.45, 7) is 11.5. The van der Waals surface area contributed by atoms with E-state index in [0.29, 0.717) is 13.0 Å². The van der Waals surface area contributed by atoms with Crippen LogP contribution in [0.4, 0.5) is 0 Å². The fourth-order valence-electron chi connectivity index (χ4n) is 1.53. The molecule has 0 aromatic carbocycles. The molecule has 1 amide bonds. The lowest BCUT2D eigenvalue weighted by atomic mass is 9.88. The van der Waals surface area contributed by atoms with Crippen molar-refractivity contribution in [1.82, 2.24) is 10.2 Å². The third-order valence-corrected chi connectivity index (χ3v) is 3.29. The number of nitrogens with one attached hydrogen (secondary N) is 1. The van der Waals surface area contributed by atoms with Gasteiger partial charge in [0.05, 0.1) is 6.07 Å². The summed E-state index contributed by atoms with van der Waals surface area (Å²) in [7, 11) is 0. The number of amides is 1. The molecule has 1 atom stereocenters. The molecule has 0 aliphatic carbocycles. The van der Waals surface area contributed by atoms with Crippen LogP contribution in [0.25, 0.3) is 0 Å². The molecule has 1 unspecified atom stereocenters. The van der Waals surface area contributed by atoms with E-state index in [2.05, 4.69) is 30.1 Å². The van der Waals surface area contributed by atoms with Crippen LogP contribution in [0.3, 0.4) is 0 Å². The van der Waals surface area contributed by atoms with Crippen molar-refractivity contribution in [1.29, 1.82) is 5.26 Å². The number of nitriles is 1. The van der Waals surface area contributed by atoms with Gasteiger partial charge >= 0.3 is 0 Å². The summed E-state index contributed by atoms with van der Waals surface area (Å²) in [5, 5.41) is 11.8. The number of carbonyl (C=O) groups excluding carboxylic acids is 1. The van der Waals surface area contributed by atoms with Crippen molar-refractivity contribution >= 4 is 5.91 Å². The number of carbonyl (C=O) groups is 1. The highest BCUT2D eigenvalue weighted by Crippen LogP contribution is 2.19. The lowest BCUT2D eigenvalue weighted by molar-refractivity contribution is -0.127. The minimum absolute atomic E-state index is 0.151. The zero-order valence-electron chi connectivity index (χ0n) is 11.5. The van der Waals surface area contributed by atoms with Gasteiger partial charge in [0, 0.05) is 6.54 Å². The Hall–Kier alpha value is -1.08. The van der Waals surface area contributed by atoms with Crippen LogP contribution in [0, 0.1) is 16.7 Å². The lowest BCUT2D eigenvalue weighted by Gasteiger charge is -2.20. The molecule has 0 aliphatic heterocycles. The second-order valence-corrected chi connectivity index (χ2v) is 4.43. The van der Waals surface area contributed by atoms with Crippen molar-refractivity contribution in [2.45, 2.75) is 40.5 Å². The van der Waals surface area contributed by atoms with Crippen LogP contribution in [0.5, 0.6) is 0 Å². The first-order chi connectivity index (χ1) is 8.03. The molecule has 4 nitrogen and oxygen atoms in total. The minimum atomic E-state index is -0.880. The Morgan fingerprint density at radius 3 is 2.35 bits per heavy atom. The van der Waals surface area contributed by atoms with Crippen LogP contribution < -0.4 is 5.32 Å². The van der Waals surface area contributed by atoms with E-state index in [1.54, 1.807) is 6.92 Å². The van der Waals surface area contributed by atoms with Crippen molar-refractivity contribution in [3.8, 4) is 6.07 Å². The first-order valence-electron chi connectivity index (χ1n) is 6.45. The van der Waals surface area contributed by atoms with E-state index in [1.807, 2.05) is 6.92 Å². The van der Waals surface area contributed by atoms with E-state index in [0.717, 1.165) is 26.1 Å². The van der Waals surface area contributed by atoms with Gasteiger partial charge in [-0.3, -0.25) is 4.79 Å². The maximum atomic E-state index is 11.8. The summed E-state index contributed by atoms with van der Waals surface area (Å²) in [6.07, 6.45) is 1.48. The molecule has 0 spiro atoms. The molecule has 98 valence electrons. The highest BCUT2D eigenvalue weighted by atomic mass is 16.2. The minimum Gasteiger partial charge on any atom is -0.355 e. The Morgan fingerprint density at radius 1 is 1.35 bits per heavy atom. The lowest BCUT2D eigenvalue weighted by Crippen LogP contribution is -2.39. The van der Waals surface area contributed by atoms with E-state index in [1.165, 1.54) is 0 Å². The number of hydrogen-bond acceptors (Lipinski definition) is 3. The molecule has 0 rings (SSSR count). The van der Waals surface area contributed by atoms with Gasteiger partial charge in [0.2, 0.25) is 5.91 Å². The molecule has 0 radical (unpaired) electrons. The van der Waals surface area contributed by atoms with E-state index < -0.39 is 5.41 Å². The molecule has 0 bridgehead atoms. The topological polar surface area (TPSA) is 56.1 Å². The first kappa shape index (κ1) is 15.9. The smallest absolute Gasteiger partial charge is 0.240 e. The Bertz CT molecular complexity index is 268. The average Bonchev–Trinajstić information content (AvgIpc) is 2.37. The summed E-state index contributed by atoms with van der Waals surface area (Å²) in [4.78, 5) is 14.1. The summed E-state index contributed by atoms with van der Waals surface area (Å²) < 4.78 is 0. The molecule has 1 N–H and O–H groups in total. The number of hydrogen-bond donors (Lipinski definition) is 1. The predicted molar refractivity (Wildman–Crippen MR) is 69.4 cm³/mol. The third kappa shape index (κ3) is 5.18. The maximum Gasteiger partial charge on any atom is 0.240 e. The third-order valence-electron chi connectivity index (χ3n) is 3.29. The highest BCUT2D eigenvalue weighted by Gasteiger charge is 2.30. The fourth-order valence-corrected chi connectivity index (χ4v) is 1.53.